The minimum absolute atomic E-state index is 0.0557. The first-order valence-corrected chi connectivity index (χ1v) is 6.61. The van der Waals surface area contributed by atoms with Crippen LogP contribution in [0, 0.1) is 12.8 Å². The molecule has 0 spiro atoms. The molecular weight excluding hydrogens is 242 g/mol. The van der Waals surface area contributed by atoms with E-state index < -0.39 is 10.1 Å². The maximum absolute atomic E-state index is 11.9. The summed E-state index contributed by atoms with van der Waals surface area (Å²) in [6, 6.07) is 6.72. The molecule has 0 aromatic heterocycles. The van der Waals surface area contributed by atoms with Gasteiger partial charge in [0.1, 0.15) is 6.61 Å². The van der Waals surface area contributed by atoms with Crippen molar-refractivity contribution < 1.29 is 17.4 Å². The van der Waals surface area contributed by atoms with Crippen molar-refractivity contribution in [1.82, 2.24) is 0 Å². The number of benzene rings is 1. The lowest BCUT2D eigenvalue weighted by Gasteiger charge is -2.09. The Labute approximate surface area is 100 Å². The summed E-state index contributed by atoms with van der Waals surface area (Å²) in [6.45, 7) is 2.15. The Hall–Kier alpha value is -1.40. The van der Waals surface area contributed by atoms with Gasteiger partial charge in [0.25, 0.3) is 10.1 Å². The Kier molecular flexibility index (Phi) is 3.44. The first kappa shape index (κ1) is 12.1. The molecule has 0 aliphatic carbocycles. The van der Waals surface area contributed by atoms with Crippen molar-refractivity contribution in [3.63, 3.8) is 0 Å². The molecule has 5 nitrogen and oxygen atoms in total. The molecule has 2 rings (SSSR count). The largest absolute Gasteiger partial charge is 0.395 e. The van der Waals surface area contributed by atoms with Gasteiger partial charge in [0, 0.05) is 0 Å². The van der Waals surface area contributed by atoms with Crippen molar-refractivity contribution in [3.8, 4) is 0 Å². The van der Waals surface area contributed by atoms with Gasteiger partial charge in [-0.15, -0.1) is 0 Å². The normalized spacial score (nSPS) is 19.2. The molecule has 0 saturated heterocycles. The third-order valence-corrected chi connectivity index (χ3v) is 3.88. The fourth-order valence-electron chi connectivity index (χ4n) is 1.48. The van der Waals surface area contributed by atoms with Crippen LogP contribution in [0.5, 0.6) is 0 Å². The molecule has 1 aromatic carbocycles. The van der Waals surface area contributed by atoms with Gasteiger partial charge >= 0.3 is 0 Å². The summed E-state index contributed by atoms with van der Waals surface area (Å²) in [5, 5.41) is 3.56. The first-order valence-electron chi connectivity index (χ1n) is 5.20. The van der Waals surface area contributed by atoms with Crippen LogP contribution < -0.4 is 0 Å². The van der Waals surface area contributed by atoms with E-state index in [-0.39, 0.29) is 17.4 Å². The zero-order valence-electron chi connectivity index (χ0n) is 9.37. The van der Waals surface area contributed by atoms with Crippen molar-refractivity contribution in [2.45, 2.75) is 11.8 Å². The summed E-state index contributed by atoms with van der Waals surface area (Å²) in [6.07, 6.45) is 1.55. The lowest BCUT2D eigenvalue weighted by atomic mass is 10.2. The van der Waals surface area contributed by atoms with Crippen molar-refractivity contribution in [2.24, 2.45) is 11.1 Å². The highest BCUT2D eigenvalue weighted by molar-refractivity contribution is 7.86. The molecule has 0 fully saturated rings. The van der Waals surface area contributed by atoms with Crippen molar-refractivity contribution in [2.75, 3.05) is 13.2 Å². The molecule has 1 atom stereocenters. The Bertz CT molecular complexity index is 524. The molecular formula is C11H13NO4S. The zero-order chi connectivity index (χ0) is 12.3. The summed E-state index contributed by atoms with van der Waals surface area (Å²) in [7, 11) is -3.70. The third kappa shape index (κ3) is 2.83. The molecule has 17 heavy (non-hydrogen) atoms. The van der Waals surface area contributed by atoms with Gasteiger partial charge in [0.2, 0.25) is 0 Å². The Balaban J connectivity index is 2.08. The summed E-state index contributed by atoms with van der Waals surface area (Å²) >= 11 is 0. The third-order valence-electron chi connectivity index (χ3n) is 2.44. The highest BCUT2D eigenvalue weighted by atomic mass is 32.2. The van der Waals surface area contributed by atoms with Crippen molar-refractivity contribution in [3.05, 3.63) is 29.8 Å². The molecule has 0 saturated carbocycles. The van der Waals surface area contributed by atoms with Gasteiger partial charge in [-0.3, -0.25) is 4.18 Å². The summed E-state index contributed by atoms with van der Waals surface area (Å²) in [5.74, 6) is -0.103. The van der Waals surface area contributed by atoms with Gasteiger partial charge in [-0.25, -0.2) is 0 Å². The van der Waals surface area contributed by atoms with Gasteiger partial charge < -0.3 is 4.84 Å². The maximum atomic E-state index is 11.9. The molecule has 0 unspecified atom stereocenters. The van der Waals surface area contributed by atoms with E-state index in [2.05, 4.69) is 5.16 Å². The predicted molar refractivity (Wildman–Crippen MR) is 62.3 cm³/mol. The van der Waals surface area contributed by atoms with E-state index in [1.54, 1.807) is 31.3 Å². The number of rotatable bonds is 4. The van der Waals surface area contributed by atoms with Crippen LogP contribution in [-0.2, 0) is 19.1 Å². The van der Waals surface area contributed by atoms with Gasteiger partial charge in [0.05, 0.1) is 23.6 Å². The molecule has 92 valence electrons. The second kappa shape index (κ2) is 4.85. The summed E-state index contributed by atoms with van der Waals surface area (Å²) in [5.41, 5.74) is 0.670. The molecule has 0 amide bonds. The van der Waals surface area contributed by atoms with E-state index in [4.69, 9.17) is 9.02 Å². The van der Waals surface area contributed by atoms with Gasteiger partial charge in [-0.1, -0.05) is 23.4 Å². The fourth-order valence-corrected chi connectivity index (χ4v) is 2.67. The zero-order valence-corrected chi connectivity index (χ0v) is 10.2. The summed E-state index contributed by atoms with van der Waals surface area (Å²) in [4.78, 5) is 4.95. The molecule has 6 heteroatoms. The second-order valence-electron chi connectivity index (χ2n) is 3.81. The number of hydrogen-bond acceptors (Lipinski definition) is 5. The number of aryl methyl sites for hydroxylation is 1. The van der Waals surface area contributed by atoms with Crippen LogP contribution in [0.25, 0.3) is 0 Å². The van der Waals surface area contributed by atoms with Gasteiger partial charge in [-0.05, 0) is 18.6 Å². The fraction of sp³-hybridized carbons (Fsp3) is 0.364. The van der Waals surface area contributed by atoms with Gasteiger partial charge in [0.15, 0.2) is 0 Å². The lowest BCUT2D eigenvalue weighted by Crippen LogP contribution is -2.17. The predicted octanol–water partition coefficient (Wildman–Crippen LogP) is 1.33. The minimum atomic E-state index is -3.70. The maximum Gasteiger partial charge on any atom is 0.297 e. The summed E-state index contributed by atoms with van der Waals surface area (Å²) < 4.78 is 28.8. The molecule has 1 aromatic rings. The smallest absolute Gasteiger partial charge is 0.297 e. The monoisotopic (exact) mass is 255 g/mol. The minimum Gasteiger partial charge on any atom is -0.395 e. The van der Waals surface area contributed by atoms with Crippen LogP contribution in [0.4, 0.5) is 0 Å². The van der Waals surface area contributed by atoms with Gasteiger partial charge in [-0.2, -0.15) is 8.42 Å². The number of oxime groups is 1. The van der Waals surface area contributed by atoms with Crippen LogP contribution in [0.15, 0.2) is 34.3 Å². The second-order valence-corrected chi connectivity index (χ2v) is 5.40. The van der Waals surface area contributed by atoms with E-state index in [1.165, 1.54) is 6.07 Å². The molecule has 0 bridgehead atoms. The average Bonchev–Trinajstić information content (AvgIpc) is 2.80. The van der Waals surface area contributed by atoms with Crippen LogP contribution >= 0.6 is 0 Å². The molecule has 1 aliphatic rings. The van der Waals surface area contributed by atoms with Crippen molar-refractivity contribution in [1.29, 1.82) is 0 Å². The van der Waals surface area contributed by atoms with E-state index >= 15 is 0 Å². The highest BCUT2D eigenvalue weighted by Gasteiger charge is 2.21. The van der Waals surface area contributed by atoms with Crippen molar-refractivity contribution >= 4 is 16.3 Å². The van der Waals surface area contributed by atoms with E-state index in [1.807, 2.05) is 0 Å². The molecule has 1 heterocycles. The number of nitrogens with zero attached hydrogens (tertiary/aromatic N) is 1. The highest BCUT2D eigenvalue weighted by Crippen LogP contribution is 2.18. The lowest BCUT2D eigenvalue weighted by molar-refractivity contribution is 0.138. The Morgan fingerprint density at radius 2 is 2.24 bits per heavy atom. The van der Waals surface area contributed by atoms with Crippen LogP contribution in [-0.4, -0.2) is 27.8 Å². The Morgan fingerprint density at radius 1 is 1.47 bits per heavy atom. The molecule has 0 radical (unpaired) electrons. The molecule has 0 N–H and O–H groups in total. The SMILES string of the molecule is Cc1ccccc1S(=O)(=O)OC[C@H]1C=NOC1. The van der Waals surface area contributed by atoms with E-state index in [9.17, 15) is 8.42 Å². The quantitative estimate of drug-likeness (QED) is 0.761. The average molecular weight is 255 g/mol. The topological polar surface area (TPSA) is 65.0 Å². The van der Waals surface area contributed by atoms with Crippen LogP contribution in [0.2, 0.25) is 0 Å². The standard InChI is InChI=1S/C11H13NO4S/c1-9-4-2-3-5-11(9)17(13,14)16-8-10-6-12-15-7-10/h2-6,10H,7-8H2,1H3/t10-/m0/s1. The number of hydrogen-bond donors (Lipinski definition) is 0. The van der Waals surface area contributed by atoms with Crippen LogP contribution in [0.3, 0.4) is 0 Å². The van der Waals surface area contributed by atoms with E-state index in [0.29, 0.717) is 12.2 Å². The molecule has 1 aliphatic heterocycles. The Morgan fingerprint density at radius 3 is 2.88 bits per heavy atom. The first-order chi connectivity index (χ1) is 8.09. The van der Waals surface area contributed by atoms with Crippen LogP contribution in [0.1, 0.15) is 5.56 Å². The van der Waals surface area contributed by atoms with E-state index in [0.717, 1.165) is 0 Å².